The van der Waals surface area contributed by atoms with Gasteiger partial charge in [0.15, 0.2) is 0 Å². The van der Waals surface area contributed by atoms with E-state index in [9.17, 15) is 0 Å². The lowest BCUT2D eigenvalue weighted by molar-refractivity contribution is 0.519. The van der Waals surface area contributed by atoms with Crippen molar-refractivity contribution >= 4 is 31.4 Å². The molecule has 2 aliphatic carbocycles. The first-order valence-electron chi connectivity index (χ1n) is 20.0. The fraction of sp³-hybridized carbons (Fsp3) is 0.308. The van der Waals surface area contributed by atoms with E-state index in [0.717, 1.165) is 23.0 Å². The molecule has 0 amide bonds. The van der Waals surface area contributed by atoms with Crippen LogP contribution in [0.3, 0.4) is 0 Å². The van der Waals surface area contributed by atoms with E-state index in [0.29, 0.717) is 0 Å². The second-order valence-electron chi connectivity index (χ2n) is 18.9. The van der Waals surface area contributed by atoms with Gasteiger partial charge >= 0.3 is 0 Å². The third-order valence-electron chi connectivity index (χ3n) is 12.4. The fourth-order valence-corrected chi connectivity index (χ4v) is 14.0. The third-order valence-corrected chi connectivity index (χ3v) is 16.6. The van der Waals surface area contributed by atoms with E-state index < -0.39 is 8.07 Å². The van der Waals surface area contributed by atoms with Gasteiger partial charge in [0.25, 0.3) is 0 Å². The maximum absolute atomic E-state index is 6.56. The molecule has 3 heteroatoms. The minimum Gasteiger partial charge on any atom is -0.462 e. The van der Waals surface area contributed by atoms with Gasteiger partial charge in [0.1, 0.15) is 23.0 Å². The SMILES string of the molecule is Cc1ccc(C2=Cc3c(ccc(C)c3-c3cccc(C(C)(C)C)c3)C2[Si](C)(C)C2C(c3ccc(C)o3)=Cc3c2ccc(C)c3-c2cccc(C(C)(C)C)c2)o1. The monoisotopic (exact) mass is 740 g/mol. The normalized spacial score (nSPS) is 16.9. The van der Waals surface area contributed by atoms with Crippen LogP contribution in [-0.2, 0) is 10.8 Å². The molecule has 2 unspecified atom stereocenters. The van der Waals surface area contributed by atoms with Crippen molar-refractivity contribution in [2.24, 2.45) is 0 Å². The van der Waals surface area contributed by atoms with Gasteiger partial charge in [0.2, 0.25) is 0 Å². The van der Waals surface area contributed by atoms with E-state index in [1.54, 1.807) is 0 Å². The zero-order valence-corrected chi connectivity index (χ0v) is 35.9. The van der Waals surface area contributed by atoms with Gasteiger partial charge in [0.05, 0.1) is 8.07 Å². The summed E-state index contributed by atoms with van der Waals surface area (Å²) in [6, 6.07) is 36.6. The molecule has 0 fully saturated rings. The minimum absolute atomic E-state index is 0.0556. The van der Waals surface area contributed by atoms with Crippen molar-refractivity contribution in [2.45, 2.75) is 104 Å². The molecule has 2 atom stereocenters. The van der Waals surface area contributed by atoms with E-state index in [2.05, 4.69) is 192 Å². The Morgan fingerprint density at radius 2 is 0.891 bits per heavy atom. The number of allylic oxidation sites excluding steroid dienone is 2. The van der Waals surface area contributed by atoms with Crippen LogP contribution in [-0.4, -0.2) is 8.07 Å². The largest absolute Gasteiger partial charge is 0.462 e. The summed E-state index contributed by atoms with van der Waals surface area (Å²) in [5.74, 6) is 3.84. The summed E-state index contributed by atoms with van der Waals surface area (Å²) in [6.45, 7) is 27.7. The Hall–Kier alpha value is -4.86. The van der Waals surface area contributed by atoms with Crippen LogP contribution >= 0.6 is 0 Å². The number of hydrogen-bond donors (Lipinski definition) is 0. The zero-order valence-electron chi connectivity index (χ0n) is 34.9. The van der Waals surface area contributed by atoms with Crippen molar-refractivity contribution in [1.82, 2.24) is 0 Å². The number of rotatable bonds is 6. The Morgan fingerprint density at radius 3 is 1.24 bits per heavy atom. The zero-order chi connectivity index (χ0) is 39.2. The smallest absolute Gasteiger partial charge is 0.130 e. The highest BCUT2D eigenvalue weighted by atomic mass is 28.3. The van der Waals surface area contributed by atoms with Gasteiger partial charge in [-0.05, 0) is 142 Å². The minimum atomic E-state index is -2.43. The van der Waals surface area contributed by atoms with Crippen LogP contribution in [0.1, 0.15) is 120 Å². The molecular weight excluding hydrogens is 685 g/mol. The van der Waals surface area contributed by atoms with E-state index in [-0.39, 0.29) is 21.9 Å². The summed E-state index contributed by atoms with van der Waals surface area (Å²) in [5.41, 5.74) is 19.1. The molecule has 2 nitrogen and oxygen atoms in total. The molecule has 0 bridgehead atoms. The summed E-state index contributed by atoms with van der Waals surface area (Å²) in [4.78, 5) is 0. The van der Waals surface area contributed by atoms with Gasteiger partial charge in [-0.2, -0.15) is 0 Å². The van der Waals surface area contributed by atoms with Crippen LogP contribution < -0.4 is 0 Å². The number of hydrogen-bond acceptors (Lipinski definition) is 2. The Balaban J connectivity index is 1.36. The van der Waals surface area contributed by atoms with Gasteiger partial charge in [0, 0.05) is 22.2 Å². The molecule has 2 aliphatic rings. The highest BCUT2D eigenvalue weighted by Gasteiger charge is 2.51. The standard InChI is InChI=1S/C52H56O2Si/c1-31-19-23-39-41(47(31)35-15-13-17-37(27-35)51(5,6)7)29-43(45-25-21-33(3)53-45)49(39)55(11,12)50-40-24-20-32(2)48(36-16-14-18-38(28-36)52(8,9)10)42(40)30-44(50)46-26-22-34(4)54-46/h13-30,49-50H,1-12H3. The second-order valence-corrected chi connectivity index (χ2v) is 23.7. The van der Waals surface area contributed by atoms with Crippen molar-refractivity contribution in [3.8, 4) is 22.3 Å². The maximum Gasteiger partial charge on any atom is 0.130 e. The van der Waals surface area contributed by atoms with Gasteiger partial charge in [-0.3, -0.25) is 0 Å². The third kappa shape index (κ3) is 6.35. The summed E-state index contributed by atoms with van der Waals surface area (Å²) in [5, 5.41) is 0. The highest BCUT2D eigenvalue weighted by molar-refractivity contribution is 6.84. The lowest BCUT2D eigenvalue weighted by atomic mass is 9.84. The van der Waals surface area contributed by atoms with Gasteiger partial charge < -0.3 is 8.83 Å². The first-order valence-corrected chi connectivity index (χ1v) is 23.1. The Labute approximate surface area is 330 Å². The van der Waals surface area contributed by atoms with Gasteiger partial charge in [-0.1, -0.05) is 127 Å². The van der Waals surface area contributed by atoms with Crippen molar-refractivity contribution in [2.75, 3.05) is 0 Å². The average Bonchev–Trinajstić information content (AvgIpc) is 3.92. The van der Waals surface area contributed by atoms with Crippen molar-refractivity contribution in [3.05, 3.63) is 165 Å². The van der Waals surface area contributed by atoms with E-state index in [1.807, 2.05) is 0 Å². The first kappa shape index (κ1) is 37.1. The quantitative estimate of drug-likeness (QED) is 0.159. The molecule has 6 aromatic rings. The number of fused-ring (bicyclic) bond motifs is 2. The molecule has 55 heavy (non-hydrogen) atoms. The fourth-order valence-electron chi connectivity index (χ4n) is 9.54. The summed E-state index contributed by atoms with van der Waals surface area (Å²) in [7, 11) is -2.43. The van der Waals surface area contributed by atoms with Crippen LogP contribution in [0.4, 0.5) is 0 Å². The van der Waals surface area contributed by atoms with Crippen LogP contribution in [0.15, 0.2) is 106 Å². The number of aryl methyl sites for hydroxylation is 4. The van der Waals surface area contributed by atoms with E-state index in [4.69, 9.17) is 8.83 Å². The second kappa shape index (κ2) is 13.1. The molecule has 0 saturated carbocycles. The van der Waals surface area contributed by atoms with Crippen LogP contribution in [0, 0.1) is 27.7 Å². The molecule has 280 valence electrons. The molecule has 0 radical (unpaired) electrons. The first-order chi connectivity index (χ1) is 25.9. The van der Waals surface area contributed by atoms with Crippen molar-refractivity contribution in [1.29, 1.82) is 0 Å². The molecule has 2 aromatic heterocycles. The van der Waals surface area contributed by atoms with E-state index in [1.165, 1.54) is 77.9 Å². The lowest BCUT2D eigenvalue weighted by Crippen LogP contribution is -2.42. The molecule has 8 rings (SSSR count). The molecule has 2 heterocycles. The summed E-state index contributed by atoms with van der Waals surface area (Å²) >= 11 is 0. The highest BCUT2D eigenvalue weighted by Crippen LogP contribution is 2.59. The molecule has 0 aliphatic heterocycles. The molecule has 4 aromatic carbocycles. The van der Waals surface area contributed by atoms with E-state index >= 15 is 0 Å². The van der Waals surface area contributed by atoms with Crippen molar-refractivity contribution < 1.29 is 8.83 Å². The maximum atomic E-state index is 6.56. The van der Waals surface area contributed by atoms with Crippen molar-refractivity contribution in [3.63, 3.8) is 0 Å². The predicted molar refractivity (Wildman–Crippen MR) is 236 cm³/mol. The number of furan rings is 2. The van der Waals surface area contributed by atoms with Gasteiger partial charge in [-0.15, -0.1) is 0 Å². The average molecular weight is 741 g/mol. The molecule has 0 saturated heterocycles. The molecule has 0 N–H and O–H groups in total. The predicted octanol–water partition coefficient (Wildman–Crippen LogP) is 14.8. The van der Waals surface area contributed by atoms with Crippen LogP contribution in [0.2, 0.25) is 13.1 Å². The van der Waals surface area contributed by atoms with Crippen LogP contribution in [0.5, 0.6) is 0 Å². The topological polar surface area (TPSA) is 26.3 Å². The summed E-state index contributed by atoms with van der Waals surface area (Å²) in [6.07, 6.45) is 4.96. The molecular formula is C52H56O2Si. The Morgan fingerprint density at radius 1 is 0.491 bits per heavy atom. The van der Waals surface area contributed by atoms with Crippen LogP contribution in [0.25, 0.3) is 45.6 Å². The number of benzene rings is 4. The lowest BCUT2D eigenvalue weighted by Gasteiger charge is -2.39. The van der Waals surface area contributed by atoms with Gasteiger partial charge in [-0.25, -0.2) is 0 Å². The Kier molecular flexibility index (Phi) is 8.85. The Bertz CT molecular complexity index is 2360. The summed E-state index contributed by atoms with van der Waals surface area (Å²) < 4.78 is 13.1. The molecule has 0 spiro atoms.